The highest BCUT2D eigenvalue weighted by Crippen LogP contribution is 2.33. The third kappa shape index (κ3) is 1.35. The molecular weight excluding hydrogens is 248 g/mol. The molecule has 0 amide bonds. The van der Waals surface area contributed by atoms with Gasteiger partial charge in [-0.15, -0.1) is 0 Å². The van der Waals surface area contributed by atoms with E-state index in [1.807, 2.05) is 0 Å². The predicted octanol–water partition coefficient (Wildman–Crippen LogP) is 2.24. The van der Waals surface area contributed by atoms with Crippen molar-refractivity contribution >= 4 is 21.9 Å². The molecule has 0 aliphatic carbocycles. The summed E-state index contributed by atoms with van der Waals surface area (Å²) in [7, 11) is 0. The normalized spacial score (nSPS) is 20.6. The van der Waals surface area contributed by atoms with Gasteiger partial charge in [0.2, 0.25) is 5.82 Å². The Morgan fingerprint density at radius 3 is 3.07 bits per heavy atom. The fourth-order valence-electron chi connectivity index (χ4n) is 1.99. The monoisotopic (exact) mass is 258 g/mol. The van der Waals surface area contributed by atoms with Crippen molar-refractivity contribution in [1.29, 1.82) is 0 Å². The molecule has 4 nitrogen and oxygen atoms in total. The van der Waals surface area contributed by atoms with Crippen LogP contribution in [0.3, 0.4) is 0 Å². The summed E-state index contributed by atoms with van der Waals surface area (Å²) in [6.45, 7) is 2.86. The van der Waals surface area contributed by atoms with Gasteiger partial charge in [-0.3, -0.25) is 0 Å². The molecule has 2 heterocycles. The van der Waals surface area contributed by atoms with Gasteiger partial charge in [0.05, 0.1) is 5.69 Å². The zero-order valence-electron chi connectivity index (χ0n) is 7.83. The van der Waals surface area contributed by atoms with Gasteiger partial charge in [0.1, 0.15) is 4.60 Å². The number of hydrogen-bond acceptors (Lipinski definition) is 2. The van der Waals surface area contributed by atoms with E-state index in [1.165, 1.54) is 0 Å². The zero-order valence-corrected chi connectivity index (χ0v) is 9.41. The Kier molecular flexibility index (Phi) is 2.34. The molecule has 0 bridgehead atoms. The quantitative estimate of drug-likeness (QED) is 0.841. The van der Waals surface area contributed by atoms with Crippen molar-refractivity contribution < 1.29 is 9.90 Å². The number of aromatic nitrogens is 2. The molecular formula is C9H11BrN2O2. The molecule has 1 aliphatic rings. The molecule has 14 heavy (non-hydrogen) atoms. The first-order chi connectivity index (χ1) is 6.61. The maximum atomic E-state index is 10.9. The first-order valence-corrected chi connectivity index (χ1v) is 5.39. The van der Waals surface area contributed by atoms with E-state index < -0.39 is 5.97 Å². The van der Waals surface area contributed by atoms with E-state index in [2.05, 4.69) is 27.8 Å². The van der Waals surface area contributed by atoms with Crippen molar-refractivity contribution in [3.05, 3.63) is 16.1 Å². The van der Waals surface area contributed by atoms with Gasteiger partial charge in [-0.1, -0.05) is 6.92 Å². The topological polar surface area (TPSA) is 55.1 Å². The molecule has 5 heteroatoms. The minimum atomic E-state index is -0.953. The SMILES string of the molecule is CC1CCCn2c(C(=O)O)nc(Br)c21. The smallest absolute Gasteiger partial charge is 0.372 e. The lowest BCUT2D eigenvalue weighted by Crippen LogP contribution is -2.18. The van der Waals surface area contributed by atoms with Gasteiger partial charge in [0.15, 0.2) is 0 Å². The lowest BCUT2D eigenvalue weighted by atomic mass is 9.99. The summed E-state index contributed by atoms with van der Waals surface area (Å²) in [6.07, 6.45) is 2.13. The minimum Gasteiger partial charge on any atom is -0.475 e. The Balaban J connectivity index is 2.57. The Labute approximate surface area is 90.1 Å². The molecule has 0 fully saturated rings. The van der Waals surface area contributed by atoms with Crippen LogP contribution in [0, 0.1) is 0 Å². The Morgan fingerprint density at radius 1 is 1.71 bits per heavy atom. The van der Waals surface area contributed by atoms with E-state index in [4.69, 9.17) is 5.11 Å². The predicted molar refractivity (Wildman–Crippen MR) is 54.5 cm³/mol. The second kappa shape index (κ2) is 3.38. The van der Waals surface area contributed by atoms with Gasteiger partial charge in [0.25, 0.3) is 0 Å². The number of halogens is 1. The number of carbonyl (C=O) groups is 1. The van der Waals surface area contributed by atoms with E-state index >= 15 is 0 Å². The highest BCUT2D eigenvalue weighted by atomic mass is 79.9. The van der Waals surface area contributed by atoms with Crippen LogP contribution in [0.25, 0.3) is 0 Å². The summed E-state index contributed by atoms with van der Waals surface area (Å²) in [6, 6.07) is 0. The maximum Gasteiger partial charge on any atom is 0.372 e. The van der Waals surface area contributed by atoms with Crippen LogP contribution in [-0.4, -0.2) is 20.6 Å². The van der Waals surface area contributed by atoms with Crippen LogP contribution in [0.2, 0.25) is 0 Å². The van der Waals surface area contributed by atoms with Gasteiger partial charge < -0.3 is 9.67 Å². The van der Waals surface area contributed by atoms with Crippen molar-refractivity contribution in [2.45, 2.75) is 32.2 Å². The Morgan fingerprint density at radius 2 is 2.43 bits per heavy atom. The highest BCUT2D eigenvalue weighted by molar-refractivity contribution is 9.10. The van der Waals surface area contributed by atoms with Crippen LogP contribution in [0.15, 0.2) is 4.60 Å². The average molecular weight is 259 g/mol. The fraction of sp³-hybridized carbons (Fsp3) is 0.556. The molecule has 1 aliphatic heterocycles. The molecule has 76 valence electrons. The van der Waals surface area contributed by atoms with Crippen molar-refractivity contribution in [2.75, 3.05) is 0 Å². The first-order valence-electron chi connectivity index (χ1n) is 4.60. The molecule has 1 unspecified atom stereocenters. The average Bonchev–Trinajstić information content (AvgIpc) is 2.45. The van der Waals surface area contributed by atoms with Gasteiger partial charge in [0, 0.05) is 6.54 Å². The van der Waals surface area contributed by atoms with Crippen LogP contribution in [0.4, 0.5) is 0 Å². The molecule has 1 aromatic rings. The molecule has 0 saturated carbocycles. The molecule has 0 radical (unpaired) electrons. The van der Waals surface area contributed by atoms with Gasteiger partial charge in [-0.25, -0.2) is 9.78 Å². The number of hydrogen-bond donors (Lipinski definition) is 1. The van der Waals surface area contributed by atoms with Gasteiger partial charge in [-0.05, 0) is 34.7 Å². The van der Waals surface area contributed by atoms with Crippen LogP contribution in [0.5, 0.6) is 0 Å². The van der Waals surface area contributed by atoms with Gasteiger partial charge in [-0.2, -0.15) is 0 Å². The van der Waals surface area contributed by atoms with Crippen LogP contribution in [-0.2, 0) is 6.54 Å². The second-order valence-corrected chi connectivity index (χ2v) is 4.36. The lowest BCUT2D eigenvalue weighted by Gasteiger charge is -2.21. The summed E-state index contributed by atoms with van der Waals surface area (Å²) >= 11 is 3.32. The van der Waals surface area contributed by atoms with E-state index in [9.17, 15) is 4.79 Å². The van der Waals surface area contributed by atoms with Crippen molar-refractivity contribution in [3.8, 4) is 0 Å². The highest BCUT2D eigenvalue weighted by Gasteiger charge is 2.26. The summed E-state index contributed by atoms with van der Waals surface area (Å²) < 4.78 is 2.49. The van der Waals surface area contributed by atoms with Crippen LogP contribution < -0.4 is 0 Å². The number of imidazole rings is 1. The lowest BCUT2D eigenvalue weighted by molar-refractivity contribution is 0.0676. The van der Waals surface area contributed by atoms with Crippen molar-refractivity contribution in [2.24, 2.45) is 0 Å². The van der Waals surface area contributed by atoms with Crippen molar-refractivity contribution in [1.82, 2.24) is 9.55 Å². The minimum absolute atomic E-state index is 0.151. The third-order valence-electron chi connectivity index (χ3n) is 2.64. The van der Waals surface area contributed by atoms with Gasteiger partial charge >= 0.3 is 5.97 Å². The first kappa shape index (κ1) is 9.71. The third-order valence-corrected chi connectivity index (χ3v) is 3.22. The molecule has 1 aromatic heterocycles. The Hall–Kier alpha value is -0.840. The number of carboxylic acids is 1. The van der Waals surface area contributed by atoms with E-state index in [-0.39, 0.29) is 5.82 Å². The number of rotatable bonds is 1. The van der Waals surface area contributed by atoms with Crippen LogP contribution in [0.1, 0.15) is 42.0 Å². The molecule has 1 N–H and O–H groups in total. The second-order valence-electron chi connectivity index (χ2n) is 3.61. The van der Waals surface area contributed by atoms with E-state index in [0.29, 0.717) is 10.5 Å². The molecule has 2 rings (SSSR count). The molecule has 1 atom stereocenters. The number of nitrogens with zero attached hydrogens (tertiary/aromatic N) is 2. The van der Waals surface area contributed by atoms with Crippen LogP contribution >= 0.6 is 15.9 Å². The summed E-state index contributed by atoms with van der Waals surface area (Å²) in [4.78, 5) is 14.9. The maximum absolute atomic E-state index is 10.9. The Bertz CT molecular complexity index is 386. The van der Waals surface area contributed by atoms with E-state index in [1.54, 1.807) is 4.57 Å². The largest absolute Gasteiger partial charge is 0.475 e. The van der Waals surface area contributed by atoms with Crippen molar-refractivity contribution in [3.63, 3.8) is 0 Å². The number of aromatic carboxylic acids is 1. The summed E-state index contributed by atoms with van der Waals surface area (Å²) in [5.41, 5.74) is 1.02. The zero-order chi connectivity index (χ0) is 10.3. The molecule has 0 aromatic carbocycles. The number of carboxylic acid groups (broad SMARTS) is 1. The molecule has 0 spiro atoms. The molecule has 0 saturated heterocycles. The number of fused-ring (bicyclic) bond motifs is 1. The summed E-state index contributed by atoms with van der Waals surface area (Å²) in [5, 5.41) is 8.94. The standard InChI is InChI=1S/C9H11BrN2O2/c1-5-3-2-4-12-6(5)7(10)11-8(12)9(13)14/h5H,2-4H2,1H3,(H,13,14). The fourth-order valence-corrected chi connectivity index (χ4v) is 2.76. The summed E-state index contributed by atoms with van der Waals surface area (Å²) in [5.74, 6) is -0.414. The van der Waals surface area contributed by atoms with E-state index in [0.717, 1.165) is 25.1 Å².